The third-order valence-corrected chi connectivity index (χ3v) is 2.60. The van der Waals surface area contributed by atoms with Crippen LogP contribution in [0.1, 0.15) is 60.8 Å². The normalized spacial score (nSPS) is 12.9. The molecule has 0 aromatic carbocycles. The van der Waals surface area contributed by atoms with Crippen molar-refractivity contribution in [1.29, 1.82) is 0 Å². The van der Waals surface area contributed by atoms with Gasteiger partial charge in [-0.05, 0) is 46.5 Å². The van der Waals surface area contributed by atoms with Gasteiger partial charge in [-0.1, -0.05) is 13.8 Å². The quantitative estimate of drug-likeness (QED) is 0.756. The highest BCUT2D eigenvalue weighted by Gasteiger charge is 2.16. The Hall–Kier alpha value is -1.26. The van der Waals surface area contributed by atoms with Gasteiger partial charge in [0.2, 0.25) is 5.91 Å². The monoisotopic (exact) mass is 286 g/mol. The average Bonchev–Trinajstić information content (AvgIpc) is 2.23. The molecule has 0 aromatic rings. The maximum atomic E-state index is 11.7. The van der Waals surface area contributed by atoms with Crippen molar-refractivity contribution in [3.8, 4) is 0 Å². The number of hydrogen-bond donors (Lipinski definition) is 2. The summed E-state index contributed by atoms with van der Waals surface area (Å²) in [7, 11) is 0. The van der Waals surface area contributed by atoms with E-state index in [1.165, 1.54) is 0 Å². The minimum absolute atomic E-state index is 0.0442. The lowest BCUT2D eigenvalue weighted by Gasteiger charge is -2.19. The Bertz CT molecular complexity index is 309. The van der Waals surface area contributed by atoms with Crippen LogP contribution in [0.5, 0.6) is 0 Å². The fourth-order valence-corrected chi connectivity index (χ4v) is 1.59. The first-order chi connectivity index (χ1) is 9.10. The van der Waals surface area contributed by atoms with Gasteiger partial charge < -0.3 is 15.4 Å². The molecule has 0 spiro atoms. The summed E-state index contributed by atoms with van der Waals surface area (Å²) in [4.78, 5) is 23.0. The van der Waals surface area contributed by atoms with E-state index in [1.54, 1.807) is 20.8 Å². The second kappa shape index (κ2) is 8.82. The highest BCUT2D eigenvalue weighted by Crippen LogP contribution is 2.07. The van der Waals surface area contributed by atoms with E-state index in [0.717, 1.165) is 12.8 Å². The standard InChI is InChI=1S/C15H30N2O3/c1-11(2)7-8-12(3)17-13(18)9-10-16-14(19)20-15(4,5)6/h11-12H,7-10H2,1-6H3,(H,16,19)(H,17,18). The number of hydrogen-bond acceptors (Lipinski definition) is 3. The largest absolute Gasteiger partial charge is 0.444 e. The maximum Gasteiger partial charge on any atom is 0.407 e. The number of carbonyl (C=O) groups is 2. The molecule has 0 aliphatic carbocycles. The van der Waals surface area contributed by atoms with Crippen LogP contribution in [0.2, 0.25) is 0 Å². The SMILES string of the molecule is CC(C)CCC(C)NC(=O)CCNC(=O)OC(C)(C)C. The first kappa shape index (κ1) is 18.7. The zero-order valence-corrected chi connectivity index (χ0v) is 13.7. The second-order valence-corrected chi connectivity index (χ2v) is 6.62. The van der Waals surface area contributed by atoms with E-state index in [4.69, 9.17) is 4.74 Å². The van der Waals surface area contributed by atoms with Gasteiger partial charge in [0, 0.05) is 19.0 Å². The van der Waals surface area contributed by atoms with E-state index >= 15 is 0 Å². The Labute approximate surface area is 122 Å². The second-order valence-electron chi connectivity index (χ2n) is 6.62. The summed E-state index contributed by atoms with van der Waals surface area (Å²) in [5, 5.41) is 5.50. The molecular weight excluding hydrogens is 256 g/mol. The summed E-state index contributed by atoms with van der Waals surface area (Å²) >= 11 is 0. The molecular formula is C15H30N2O3. The Morgan fingerprint density at radius 2 is 1.70 bits per heavy atom. The van der Waals surface area contributed by atoms with Crippen LogP contribution in [-0.4, -0.2) is 30.2 Å². The molecule has 0 saturated carbocycles. The van der Waals surface area contributed by atoms with Crippen molar-refractivity contribution in [2.45, 2.75) is 72.4 Å². The van der Waals surface area contributed by atoms with Gasteiger partial charge in [-0.2, -0.15) is 0 Å². The van der Waals surface area contributed by atoms with Crippen LogP contribution in [0.25, 0.3) is 0 Å². The number of carbonyl (C=O) groups excluding carboxylic acids is 2. The molecule has 1 atom stereocenters. The van der Waals surface area contributed by atoms with E-state index in [0.29, 0.717) is 5.92 Å². The molecule has 0 aliphatic heterocycles. The summed E-state index contributed by atoms with van der Waals surface area (Å²) in [6.45, 7) is 12.0. The Kier molecular flexibility index (Phi) is 8.26. The van der Waals surface area contributed by atoms with Gasteiger partial charge in [-0.3, -0.25) is 4.79 Å². The number of ether oxygens (including phenoxy) is 1. The van der Waals surface area contributed by atoms with Crippen molar-refractivity contribution in [1.82, 2.24) is 10.6 Å². The van der Waals surface area contributed by atoms with Gasteiger partial charge in [-0.25, -0.2) is 4.79 Å². The molecule has 5 heteroatoms. The molecule has 0 radical (unpaired) electrons. The van der Waals surface area contributed by atoms with Crippen LogP contribution >= 0.6 is 0 Å². The van der Waals surface area contributed by atoms with E-state index in [1.807, 2.05) is 6.92 Å². The highest BCUT2D eigenvalue weighted by molar-refractivity contribution is 5.77. The highest BCUT2D eigenvalue weighted by atomic mass is 16.6. The predicted octanol–water partition coefficient (Wildman–Crippen LogP) is 2.84. The molecule has 118 valence electrons. The number of alkyl carbamates (subject to hydrolysis) is 1. The third-order valence-electron chi connectivity index (χ3n) is 2.60. The molecule has 0 heterocycles. The summed E-state index contributed by atoms with van der Waals surface area (Å²) < 4.78 is 5.08. The fourth-order valence-electron chi connectivity index (χ4n) is 1.59. The van der Waals surface area contributed by atoms with Gasteiger partial charge in [0.25, 0.3) is 0 Å². The van der Waals surface area contributed by atoms with Gasteiger partial charge in [0.05, 0.1) is 0 Å². The van der Waals surface area contributed by atoms with Gasteiger partial charge in [0.1, 0.15) is 5.60 Å². The van der Waals surface area contributed by atoms with Crippen LogP contribution in [0.15, 0.2) is 0 Å². The Morgan fingerprint density at radius 3 is 2.20 bits per heavy atom. The lowest BCUT2D eigenvalue weighted by atomic mass is 10.0. The maximum absolute atomic E-state index is 11.7. The van der Waals surface area contributed by atoms with E-state index in [9.17, 15) is 9.59 Å². The topological polar surface area (TPSA) is 67.4 Å². The van der Waals surface area contributed by atoms with Crippen molar-refractivity contribution in [3.63, 3.8) is 0 Å². The van der Waals surface area contributed by atoms with Gasteiger partial charge in [-0.15, -0.1) is 0 Å². The third kappa shape index (κ3) is 11.8. The zero-order chi connectivity index (χ0) is 15.8. The van der Waals surface area contributed by atoms with Crippen LogP contribution in [-0.2, 0) is 9.53 Å². The van der Waals surface area contributed by atoms with E-state index in [2.05, 4.69) is 24.5 Å². The summed E-state index contributed by atoms with van der Waals surface area (Å²) in [6, 6.07) is 0.173. The van der Waals surface area contributed by atoms with Crippen LogP contribution < -0.4 is 10.6 Å². The van der Waals surface area contributed by atoms with Crippen molar-refractivity contribution in [3.05, 3.63) is 0 Å². The number of nitrogens with one attached hydrogen (secondary N) is 2. The summed E-state index contributed by atoms with van der Waals surface area (Å²) in [6.07, 6.45) is 1.85. The number of rotatable bonds is 7. The lowest BCUT2D eigenvalue weighted by molar-refractivity contribution is -0.121. The lowest BCUT2D eigenvalue weighted by Crippen LogP contribution is -2.37. The van der Waals surface area contributed by atoms with Crippen LogP contribution in [0.4, 0.5) is 4.79 Å². The van der Waals surface area contributed by atoms with Crippen LogP contribution in [0, 0.1) is 5.92 Å². The molecule has 5 nitrogen and oxygen atoms in total. The molecule has 2 N–H and O–H groups in total. The molecule has 0 saturated heterocycles. The predicted molar refractivity (Wildman–Crippen MR) is 80.5 cm³/mol. The van der Waals surface area contributed by atoms with Crippen molar-refractivity contribution >= 4 is 12.0 Å². The fraction of sp³-hybridized carbons (Fsp3) is 0.867. The zero-order valence-electron chi connectivity index (χ0n) is 13.7. The molecule has 0 fully saturated rings. The summed E-state index contributed by atoms with van der Waals surface area (Å²) in [5.41, 5.74) is -0.516. The molecule has 0 rings (SSSR count). The van der Waals surface area contributed by atoms with Crippen molar-refractivity contribution in [2.75, 3.05) is 6.54 Å². The minimum atomic E-state index is -0.516. The van der Waals surface area contributed by atoms with Crippen LogP contribution in [0.3, 0.4) is 0 Å². The summed E-state index contributed by atoms with van der Waals surface area (Å²) in [5.74, 6) is 0.598. The molecule has 1 unspecified atom stereocenters. The van der Waals surface area contributed by atoms with E-state index < -0.39 is 11.7 Å². The average molecular weight is 286 g/mol. The Balaban J connectivity index is 3.75. The van der Waals surface area contributed by atoms with Crippen molar-refractivity contribution in [2.24, 2.45) is 5.92 Å². The molecule has 0 bridgehead atoms. The Morgan fingerprint density at radius 1 is 1.10 bits per heavy atom. The van der Waals surface area contributed by atoms with Crippen molar-refractivity contribution < 1.29 is 14.3 Å². The number of amides is 2. The first-order valence-corrected chi connectivity index (χ1v) is 7.36. The molecule has 2 amide bonds. The molecule has 20 heavy (non-hydrogen) atoms. The first-order valence-electron chi connectivity index (χ1n) is 7.36. The smallest absolute Gasteiger partial charge is 0.407 e. The molecule has 0 aliphatic rings. The minimum Gasteiger partial charge on any atom is -0.444 e. The molecule has 0 aromatic heterocycles. The van der Waals surface area contributed by atoms with E-state index in [-0.39, 0.29) is 24.9 Å². The van der Waals surface area contributed by atoms with Gasteiger partial charge >= 0.3 is 6.09 Å². The van der Waals surface area contributed by atoms with Gasteiger partial charge in [0.15, 0.2) is 0 Å².